The second-order valence-corrected chi connectivity index (χ2v) is 6.35. The Morgan fingerprint density at radius 1 is 1.19 bits per heavy atom. The molecule has 1 aliphatic rings. The fourth-order valence-electron chi connectivity index (χ4n) is 2.93. The van der Waals surface area contributed by atoms with Gasteiger partial charge in [0, 0.05) is 19.0 Å². The van der Waals surface area contributed by atoms with E-state index in [0.29, 0.717) is 13.0 Å². The van der Waals surface area contributed by atoms with E-state index in [1.165, 1.54) is 6.07 Å². The van der Waals surface area contributed by atoms with Gasteiger partial charge in [-0.3, -0.25) is 4.79 Å². The van der Waals surface area contributed by atoms with Gasteiger partial charge < -0.3 is 20.1 Å². The number of ether oxygens (including phenoxy) is 2. The summed E-state index contributed by atoms with van der Waals surface area (Å²) in [6.07, 6.45) is 3.70. The highest BCUT2D eigenvalue weighted by Crippen LogP contribution is 2.22. The summed E-state index contributed by atoms with van der Waals surface area (Å²) in [6.45, 7) is 2.73. The Labute approximate surface area is 153 Å². The van der Waals surface area contributed by atoms with Crippen LogP contribution in [0.3, 0.4) is 0 Å². The van der Waals surface area contributed by atoms with Gasteiger partial charge in [-0.25, -0.2) is 9.18 Å². The molecule has 1 aromatic carbocycles. The maximum absolute atomic E-state index is 13.4. The zero-order chi connectivity index (χ0) is 18.8. The van der Waals surface area contributed by atoms with Crippen molar-refractivity contribution in [3.63, 3.8) is 0 Å². The van der Waals surface area contributed by atoms with Gasteiger partial charge in [0.2, 0.25) is 0 Å². The van der Waals surface area contributed by atoms with Crippen molar-refractivity contribution in [1.29, 1.82) is 0 Å². The number of rotatable bonds is 8. The SMILES string of the molecule is CCNC(=O)NC1CCC(OC(=O)CCCOc2ccccc2F)CC1. The Hall–Kier alpha value is -2.31. The summed E-state index contributed by atoms with van der Waals surface area (Å²) in [4.78, 5) is 23.4. The number of nitrogens with one attached hydrogen (secondary N) is 2. The summed E-state index contributed by atoms with van der Waals surface area (Å²) in [6, 6.07) is 6.17. The van der Waals surface area contributed by atoms with Crippen molar-refractivity contribution in [3.8, 4) is 5.75 Å². The summed E-state index contributed by atoms with van der Waals surface area (Å²) in [7, 11) is 0. The molecule has 6 nitrogen and oxygen atoms in total. The predicted molar refractivity (Wildman–Crippen MR) is 95.5 cm³/mol. The second kappa shape index (κ2) is 10.6. The van der Waals surface area contributed by atoms with Crippen LogP contribution in [-0.4, -0.2) is 37.3 Å². The third kappa shape index (κ3) is 6.90. The fourth-order valence-corrected chi connectivity index (χ4v) is 2.93. The van der Waals surface area contributed by atoms with E-state index in [9.17, 15) is 14.0 Å². The number of amides is 2. The Morgan fingerprint density at radius 2 is 1.92 bits per heavy atom. The molecule has 1 fully saturated rings. The number of halogens is 1. The smallest absolute Gasteiger partial charge is 0.314 e. The highest BCUT2D eigenvalue weighted by atomic mass is 19.1. The minimum absolute atomic E-state index is 0.0951. The van der Waals surface area contributed by atoms with Crippen LogP contribution in [0.5, 0.6) is 5.75 Å². The molecule has 0 bridgehead atoms. The standard InChI is InChI=1S/C19H27FN2O4/c1-2-21-19(24)22-14-9-11-15(12-10-14)26-18(23)8-5-13-25-17-7-4-3-6-16(17)20/h3-4,6-7,14-15H,2,5,8-13H2,1H3,(H2,21,22,24). The van der Waals surface area contributed by atoms with Gasteiger partial charge in [0.05, 0.1) is 6.61 Å². The molecule has 2 amide bonds. The first kappa shape index (κ1) is 20.0. The number of hydrogen-bond acceptors (Lipinski definition) is 4. The number of urea groups is 1. The molecule has 1 aromatic rings. The largest absolute Gasteiger partial charge is 0.491 e. The minimum atomic E-state index is -0.409. The predicted octanol–water partition coefficient (Wildman–Crippen LogP) is 3.16. The molecule has 0 radical (unpaired) electrons. The van der Waals surface area contributed by atoms with Gasteiger partial charge in [-0.2, -0.15) is 0 Å². The number of hydrogen-bond donors (Lipinski definition) is 2. The first-order valence-corrected chi connectivity index (χ1v) is 9.19. The van der Waals surface area contributed by atoms with Crippen LogP contribution < -0.4 is 15.4 Å². The lowest BCUT2D eigenvalue weighted by Gasteiger charge is -2.28. The summed E-state index contributed by atoms with van der Waals surface area (Å²) in [5, 5.41) is 5.63. The molecule has 7 heteroatoms. The average molecular weight is 366 g/mol. The van der Waals surface area contributed by atoms with Gasteiger partial charge in [-0.15, -0.1) is 0 Å². The molecule has 0 heterocycles. The molecule has 0 aliphatic heterocycles. The van der Waals surface area contributed by atoms with Crippen LogP contribution in [0.15, 0.2) is 24.3 Å². The van der Waals surface area contributed by atoms with Crippen LogP contribution in [0, 0.1) is 5.82 Å². The van der Waals surface area contributed by atoms with Crippen LogP contribution in [0.25, 0.3) is 0 Å². The van der Waals surface area contributed by atoms with Gasteiger partial charge in [0.25, 0.3) is 0 Å². The number of para-hydroxylation sites is 1. The van der Waals surface area contributed by atoms with E-state index in [0.717, 1.165) is 25.7 Å². The van der Waals surface area contributed by atoms with Crippen molar-refractivity contribution in [2.45, 2.75) is 57.6 Å². The van der Waals surface area contributed by atoms with Crippen molar-refractivity contribution in [3.05, 3.63) is 30.1 Å². The molecule has 0 unspecified atom stereocenters. The molecule has 0 saturated heterocycles. The number of carbonyl (C=O) groups excluding carboxylic acids is 2. The lowest BCUT2D eigenvalue weighted by atomic mass is 9.93. The maximum atomic E-state index is 13.4. The van der Waals surface area contributed by atoms with Gasteiger partial charge in [0.15, 0.2) is 11.6 Å². The lowest BCUT2D eigenvalue weighted by Crippen LogP contribution is -2.44. The second-order valence-electron chi connectivity index (χ2n) is 6.35. The molecule has 0 aromatic heterocycles. The van der Waals surface area contributed by atoms with E-state index < -0.39 is 5.82 Å². The van der Waals surface area contributed by atoms with Crippen molar-refractivity contribution in [2.24, 2.45) is 0 Å². The zero-order valence-corrected chi connectivity index (χ0v) is 15.1. The Kier molecular flexibility index (Phi) is 8.18. The molecule has 1 aliphatic carbocycles. The van der Waals surface area contributed by atoms with Crippen molar-refractivity contribution in [2.75, 3.05) is 13.2 Å². The van der Waals surface area contributed by atoms with Gasteiger partial charge in [-0.1, -0.05) is 12.1 Å². The van der Waals surface area contributed by atoms with E-state index in [4.69, 9.17) is 9.47 Å². The van der Waals surface area contributed by atoms with E-state index in [1.807, 2.05) is 6.92 Å². The monoisotopic (exact) mass is 366 g/mol. The third-order valence-corrected chi connectivity index (χ3v) is 4.26. The zero-order valence-electron chi connectivity index (χ0n) is 15.1. The third-order valence-electron chi connectivity index (χ3n) is 4.26. The molecule has 0 atom stereocenters. The molecule has 1 saturated carbocycles. The summed E-state index contributed by atoms with van der Waals surface area (Å²) in [5.74, 6) is -0.478. The van der Waals surface area contributed by atoms with Gasteiger partial charge in [-0.05, 0) is 51.2 Å². The highest BCUT2D eigenvalue weighted by Gasteiger charge is 2.24. The van der Waals surface area contributed by atoms with Crippen LogP contribution in [0.2, 0.25) is 0 Å². The lowest BCUT2D eigenvalue weighted by molar-refractivity contribution is -0.151. The number of esters is 1. The summed E-state index contributed by atoms with van der Waals surface area (Å²) >= 11 is 0. The van der Waals surface area contributed by atoms with Gasteiger partial charge in [0.1, 0.15) is 6.10 Å². The first-order valence-electron chi connectivity index (χ1n) is 9.19. The molecule has 2 rings (SSSR count). The van der Waals surface area contributed by atoms with Gasteiger partial charge >= 0.3 is 12.0 Å². The number of benzene rings is 1. The average Bonchev–Trinajstić information content (AvgIpc) is 2.62. The van der Waals surface area contributed by atoms with Crippen LogP contribution in [0.4, 0.5) is 9.18 Å². The molecule has 2 N–H and O–H groups in total. The fraction of sp³-hybridized carbons (Fsp3) is 0.579. The van der Waals surface area contributed by atoms with E-state index >= 15 is 0 Å². The normalized spacial score (nSPS) is 19.5. The molecule has 144 valence electrons. The van der Waals surface area contributed by atoms with Crippen molar-refractivity contribution < 1.29 is 23.5 Å². The highest BCUT2D eigenvalue weighted by molar-refractivity contribution is 5.74. The van der Waals surface area contributed by atoms with E-state index in [2.05, 4.69) is 10.6 Å². The van der Waals surface area contributed by atoms with Crippen LogP contribution in [-0.2, 0) is 9.53 Å². The van der Waals surface area contributed by atoms with Crippen molar-refractivity contribution >= 4 is 12.0 Å². The molecule has 26 heavy (non-hydrogen) atoms. The maximum Gasteiger partial charge on any atom is 0.314 e. The van der Waals surface area contributed by atoms with Crippen LogP contribution in [0.1, 0.15) is 45.4 Å². The summed E-state index contributed by atoms with van der Waals surface area (Å²) in [5.41, 5.74) is 0. The first-order chi connectivity index (χ1) is 12.6. The minimum Gasteiger partial charge on any atom is -0.491 e. The quantitative estimate of drug-likeness (QED) is 0.547. The van der Waals surface area contributed by atoms with E-state index in [1.54, 1.807) is 18.2 Å². The Morgan fingerprint density at radius 3 is 2.62 bits per heavy atom. The summed E-state index contributed by atoms with van der Waals surface area (Å²) < 4.78 is 24.2. The number of carbonyl (C=O) groups is 2. The van der Waals surface area contributed by atoms with E-state index in [-0.39, 0.29) is 42.9 Å². The molecule has 0 spiro atoms. The van der Waals surface area contributed by atoms with Crippen LogP contribution >= 0.6 is 0 Å². The Balaban J connectivity index is 1.57. The topological polar surface area (TPSA) is 76.7 Å². The van der Waals surface area contributed by atoms with Crippen molar-refractivity contribution in [1.82, 2.24) is 10.6 Å². The Bertz CT molecular complexity index is 589. The molecular formula is C19H27FN2O4. The molecular weight excluding hydrogens is 339 g/mol.